The van der Waals surface area contributed by atoms with Crippen LogP contribution in [-0.2, 0) is 0 Å². The summed E-state index contributed by atoms with van der Waals surface area (Å²) < 4.78 is 30.0. The van der Waals surface area contributed by atoms with Crippen molar-refractivity contribution in [1.29, 1.82) is 0 Å². The summed E-state index contributed by atoms with van der Waals surface area (Å²) in [5.41, 5.74) is -0.156. The number of pyridine rings is 1. The Bertz CT molecular complexity index is 347. The molecule has 0 aromatic carbocycles. The van der Waals surface area contributed by atoms with Gasteiger partial charge in [-0.05, 0) is 6.07 Å². The summed E-state index contributed by atoms with van der Waals surface area (Å²) in [4.78, 5) is 14.7. The van der Waals surface area contributed by atoms with Gasteiger partial charge in [0, 0.05) is 18.7 Å². The second kappa shape index (κ2) is 3.69. The monoisotopic (exact) mass is 201 g/mol. The lowest BCUT2D eigenvalue weighted by Gasteiger charge is -2.08. The molecule has 0 saturated heterocycles. The first-order valence-electron chi connectivity index (χ1n) is 3.87. The van der Waals surface area contributed by atoms with E-state index in [0.717, 1.165) is 6.20 Å². The lowest BCUT2D eigenvalue weighted by atomic mass is 10.1. The van der Waals surface area contributed by atoms with Crippen LogP contribution in [0, 0.1) is 0 Å². The third-order valence-corrected chi connectivity index (χ3v) is 1.61. The van der Waals surface area contributed by atoms with Gasteiger partial charge in [0.1, 0.15) is 5.75 Å². The van der Waals surface area contributed by atoms with E-state index in [4.69, 9.17) is 4.74 Å². The number of aromatic nitrogens is 1. The Morgan fingerprint density at radius 1 is 1.50 bits per heavy atom. The zero-order valence-corrected chi connectivity index (χ0v) is 7.75. The highest BCUT2D eigenvalue weighted by molar-refractivity contribution is 6.01. The largest absolute Gasteiger partial charge is 0.495 e. The summed E-state index contributed by atoms with van der Waals surface area (Å²) >= 11 is 0. The Kier molecular flexibility index (Phi) is 2.78. The van der Waals surface area contributed by atoms with Crippen LogP contribution in [0.3, 0.4) is 0 Å². The van der Waals surface area contributed by atoms with E-state index in [2.05, 4.69) is 4.98 Å². The van der Waals surface area contributed by atoms with E-state index in [1.165, 1.54) is 19.4 Å². The number of ketones is 1. The summed E-state index contributed by atoms with van der Waals surface area (Å²) in [5.74, 6) is -4.36. The fourth-order valence-electron chi connectivity index (χ4n) is 0.908. The Morgan fingerprint density at radius 3 is 2.64 bits per heavy atom. The van der Waals surface area contributed by atoms with Crippen molar-refractivity contribution in [3.8, 4) is 5.75 Å². The number of methoxy groups -OCH3 is 1. The SMILES string of the molecule is COc1cncc(C(=O)C(C)(F)F)c1. The number of carbonyl (C=O) groups excluding carboxylic acids is 1. The van der Waals surface area contributed by atoms with Gasteiger partial charge >= 0.3 is 5.92 Å². The Balaban J connectivity index is 3.02. The molecule has 0 aliphatic heterocycles. The Hall–Kier alpha value is -1.52. The topological polar surface area (TPSA) is 39.2 Å². The highest BCUT2D eigenvalue weighted by Gasteiger charge is 2.33. The highest BCUT2D eigenvalue weighted by atomic mass is 19.3. The van der Waals surface area contributed by atoms with Crippen molar-refractivity contribution in [2.75, 3.05) is 7.11 Å². The molecule has 0 N–H and O–H groups in total. The standard InChI is InChI=1S/C9H9F2NO2/c1-9(10,11)8(13)6-3-7(14-2)5-12-4-6/h3-5H,1-2H3. The minimum Gasteiger partial charge on any atom is -0.495 e. The molecule has 0 fully saturated rings. The maximum absolute atomic E-state index is 12.6. The molecule has 0 saturated carbocycles. The van der Waals surface area contributed by atoms with Crippen molar-refractivity contribution in [3.05, 3.63) is 24.0 Å². The van der Waals surface area contributed by atoms with E-state index in [1.54, 1.807) is 0 Å². The van der Waals surface area contributed by atoms with Crippen molar-refractivity contribution in [2.24, 2.45) is 0 Å². The molecular formula is C9H9F2NO2. The molecule has 1 aromatic heterocycles. The van der Waals surface area contributed by atoms with E-state index < -0.39 is 11.7 Å². The normalized spacial score (nSPS) is 11.1. The van der Waals surface area contributed by atoms with Gasteiger partial charge in [0.25, 0.3) is 0 Å². The number of halogens is 2. The average molecular weight is 201 g/mol. The number of alkyl halides is 2. The van der Waals surface area contributed by atoms with Crippen LogP contribution in [0.5, 0.6) is 5.75 Å². The smallest absolute Gasteiger partial charge is 0.307 e. The molecule has 0 aliphatic rings. The maximum Gasteiger partial charge on any atom is 0.307 e. The molecule has 0 amide bonds. The van der Waals surface area contributed by atoms with E-state index in [0.29, 0.717) is 6.92 Å². The van der Waals surface area contributed by atoms with Crippen LogP contribution in [0.15, 0.2) is 18.5 Å². The maximum atomic E-state index is 12.6. The van der Waals surface area contributed by atoms with Crippen LogP contribution in [0.2, 0.25) is 0 Å². The van der Waals surface area contributed by atoms with E-state index in [9.17, 15) is 13.6 Å². The minimum atomic E-state index is -3.38. The molecule has 0 radical (unpaired) electrons. The molecule has 0 aliphatic carbocycles. The van der Waals surface area contributed by atoms with Gasteiger partial charge in [0.2, 0.25) is 5.78 Å². The van der Waals surface area contributed by atoms with Gasteiger partial charge in [0.15, 0.2) is 0 Å². The number of carbonyl (C=O) groups is 1. The number of rotatable bonds is 3. The summed E-state index contributed by atoms with van der Waals surface area (Å²) in [6, 6.07) is 1.23. The molecule has 0 unspecified atom stereocenters. The fourth-order valence-corrected chi connectivity index (χ4v) is 0.908. The minimum absolute atomic E-state index is 0.156. The van der Waals surface area contributed by atoms with Crippen molar-refractivity contribution in [2.45, 2.75) is 12.8 Å². The zero-order chi connectivity index (χ0) is 10.8. The molecule has 76 valence electrons. The van der Waals surface area contributed by atoms with Gasteiger partial charge < -0.3 is 4.74 Å². The lowest BCUT2D eigenvalue weighted by molar-refractivity contribution is 0.0221. The third kappa shape index (κ3) is 2.25. The van der Waals surface area contributed by atoms with Crippen LogP contribution in [0.4, 0.5) is 8.78 Å². The first-order valence-corrected chi connectivity index (χ1v) is 3.87. The van der Waals surface area contributed by atoms with Crippen molar-refractivity contribution in [3.63, 3.8) is 0 Å². The molecule has 3 nitrogen and oxygen atoms in total. The fraction of sp³-hybridized carbons (Fsp3) is 0.333. The summed E-state index contributed by atoms with van der Waals surface area (Å²) in [6.45, 7) is 0.550. The first kappa shape index (κ1) is 10.6. The van der Waals surface area contributed by atoms with E-state index in [-0.39, 0.29) is 11.3 Å². The quantitative estimate of drug-likeness (QED) is 0.701. The second-order valence-corrected chi connectivity index (χ2v) is 2.83. The van der Waals surface area contributed by atoms with Crippen LogP contribution in [0.1, 0.15) is 17.3 Å². The van der Waals surface area contributed by atoms with Gasteiger partial charge in [0.05, 0.1) is 13.3 Å². The molecule has 1 rings (SSSR count). The molecule has 1 aromatic rings. The molecular weight excluding hydrogens is 192 g/mol. The van der Waals surface area contributed by atoms with Gasteiger partial charge in [-0.3, -0.25) is 9.78 Å². The van der Waals surface area contributed by atoms with Crippen molar-refractivity contribution < 1.29 is 18.3 Å². The highest BCUT2D eigenvalue weighted by Crippen LogP contribution is 2.20. The predicted molar refractivity (Wildman–Crippen MR) is 45.7 cm³/mol. The van der Waals surface area contributed by atoms with E-state index >= 15 is 0 Å². The zero-order valence-electron chi connectivity index (χ0n) is 7.75. The van der Waals surface area contributed by atoms with Gasteiger partial charge in [-0.2, -0.15) is 8.78 Å². The molecule has 5 heteroatoms. The molecule has 14 heavy (non-hydrogen) atoms. The van der Waals surface area contributed by atoms with Crippen molar-refractivity contribution in [1.82, 2.24) is 4.98 Å². The second-order valence-electron chi connectivity index (χ2n) is 2.83. The average Bonchev–Trinajstić information content (AvgIpc) is 2.15. The van der Waals surface area contributed by atoms with Crippen LogP contribution < -0.4 is 4.74 Å². The van der Waals surface area contributed by atoms with Gasteiger partial charge in [-0.15, -0.1) is 0 Å². The van der Waals surface area contributed by atoms with Crippen LogP contribution in [0.25, 0.3) is 0 Å². The number of hydrogen-bond donors (Lipinski definition) is 0. The summed E-state index contributed by atoms with van der Waals surface area (Å²) in [5, 5.41) is 0. The van der Waals surface area contributed by atoms with Gasteiger partial charge in [-0.25, -0.2) is 0 Å². The molecule has 0 bridgehead atoms. The Labute approximate surface area is 79.7 Å². The number of Topliss-reactive ketones (excluding diaryl/α,β-unsaturated/α-hetero) is 1. The van der Waals surface area contributed by atoms with E-state index in [1.807, 2.05) is 0 Å². The molecule has 0 spiro atoms. The van der Waals surface area contributed by atoms with Crippen molar-refractivity contribution >= 4 is 5.78 Å². The summed E-state index contributed by atoms with van der Waals surface area (Å²) in [7, 11) is 1.37. The number of ether oxygens (including phenoxy) is 1. The predicted octanol–water partition coefficient (Wildman–Crippen LogP) is 1.93. The number of hydrogen-bond acceptors (Lipinski definition) is 3. The van der Waals surface area contributed by atoms with Crippen LogP contribution in [-0.4, -0.2) is 23.8 Å². The summed E-state index contributed by atoms with van der Waals surface area (Å²) in [6.07, 6.45) is 2.42. The van der Waals surface area contributed by atoms with Crippen LogP contribution >= 0.6 is 0 Å². The first-order chi connectivity index (χ1) is 6.45. The third-order valence-electron chi connectivity index (χ3n) is 1.61. The van der Waals surface area contributed by atoms with Gasteiger partial charge in [-0.1, -0.05) is 0 Å². The molecule has 1 heterocycles. The molecule has 0 atom stereocenters. The number of nitrogens with zero attached hydrogens (tertiary/aromatic N) is 1. The Morgan fingerprint density at radius 2 is 2.14 bits per heavy atom. The lowest BCUT2D eigenvalue weighted by Crippen LogP contribution is -2.24.